The minimum absolute atomic E-state index is 0.0961. The third-order valence-corrected chi connectivity index (χ3v) is 2.67. The average molecular weight is 228 g/mol. The maximum absolute atomic E-state index is 11.7. The van der Waals surface area contributed by atoms with Crippen LogP contribution in [-0.2, 0) is 9.59 Å². The second kappa shape index (κ2) is 5.21. The Bertz CT molecular complexity index is 273. The molecule has 0 radical (unpaired) electrons. The molecule has 1 unspecified atom stereocenters. The van der Waals surface area contributed by atoms with Crippen LogP contribution in [-0.4, -0.2) is 27.7 Å². The zero-order valence-electron chi connectivity index (χ0n) is 8.86. The molecule has 1 atom stereocenters. The van der Waals surface area contributed by atoms with Crippen LogP contribution in [0.25, 0.3) is 0 Å². The van der Waals surface area contributed by atoms with Crippen LogP contribution in [0.1, 0.15) is 39.0 Å². The molecule has 1 saturated heterocycles. The lowest BCUT2D eigenvalue weighted by Crippen LogP contribution is -2.43. The van der Waals surface area contributed by atoms with Crippen molar-refractivity contribution in [3.8, 4) is 0 Å². The maximum Gasteiger partial charge on any atom is 0.229 e. The molecule has 2 amide bonds. The molecule has 0 aliphatic carbocycles. The number of likely N-dealkylation sites (tertiary alicyclic amines) is 1. The van der Waals surface area contributed by atoms with Crippen LogP contribution in [0.3, 0.4) is 0 Å². The summed E-state index contributed by atoms with van der Waals surface area (Å²) in [5.74, 6) is -0.192. The van der Waals surface area contributed by atoms with Crippen LogP contribution in [0.4, 0.5) is 0 Å². The van der Waals surface area contributed by atoms with E-state index < -0.39 is 0 Å². The van der Waals surface area contributed by atoms with Crippen molar-refractivity contribution in [2.45, 2.75) is 45.1 Å². The van der Waals surface area contributed by atoms with Crippen molar-refractivity contribution in [1.82, 2.24) is 4.90 Å². The molecule has 0 spiro atoms. The lowest BCUT2D eigenvalue weighted by molar-refractivity contribution is -0.146. The molecule has 0 saturated carbocycles. The summed E-state index contributed by atoms with van der Waals surface area (Å²) < 4.78 is 0. The van der Waals surface area contributed by atoms with Crippen molar-refractivity contribution in [2.24, 2.45) is 5.73 Å². The van der Waals surface area contributed by atoms with Crippen molar-refractivity contribution >= 4 is 29.0 Å². The van der Waals surface area contributed by atoms with Crippen LogP contribution in [0.5, 0.6) is 0 Å². The van der Waals surface area contributed by atoms with Crippen molar-refractivity contribution in [3.05, 3.63) is 0 Å². The van der Waals surface area contributed by atoms with E-state index in [2.05, 4.69) is 0 Å². The van der Waals surface area contributed by atoms with E-state index in [1.54, 1.807) is 6.92 Å². The van der Waals surface area contributed by atoms with Gasteiger partial charge in [-0.2, -0.15) is 0 Å². The number of nitrogens with two attached hydrogens (primary N) is 1. The maximum atomic E-state index is 11.7. The molecule has 2 N–H and O–H groups in total. The Morgan fingerprint density at radius 3 is 2.27 bits per heavy atom. The summed E-state index contributed by atoms with van der Waals surface area (Å²) in [5, 5.41) is 0. The molecule has 84 valence electrons. The number of carbonyl (C=O) groups is 2. The second-order valence-corrected chi connectivity index (χ2v) is 4.41. The van der Waals surface area contributed by atoms with Gasteiger partial charge < -0.3 is 5.73 Å². The van der Waals surface area contributed by atoms with E-state index in [9.17, 15) is 9.59 Å². The third kappa shape index (κ3) is 3.27. The molecule has 1 fully saturated rings. The number of imide groups is 1. The van der Waals surface area contributed by atoms with Gasteiger partial charge in [-0.05, 0) is 19.8 Å². The summed E-state index contributed by atoms with van der Waals surface area (Å²) in [4.78, 5) is 25.0. The number of rotatable bonds is 3. The fraction of sp³-hybridized carbons (Fsp3) is 0.700. The zero-order chi connectivity index (χ0) is 11.4. The first kappa shape index (κ1) is 12.1. The molecule has 1 aliphatic heterocycles. The van der Waals surface area contributed by atoms with E-state index in [0.717, 1.165) is 12.8 Å². The molecular weight excluding hydrogens is 212 g/mol. The van der Waals surface area contributed by atoms with Crippen LogP contribution in [0.2, 0.25) is 0 Å². The van der Waals surface area contributed by atoms with Crippen molar-refractivity contribution in [1.29, 1.82) is 0 Å². The van der Waals surface area contributed by atoms with Gasteiger partial charge in [0, 0.05) is 25.3 Å². The number of thiocarbonyl (C=S) groups is 1. The average Bonchev–Trinajstić information content (AvgIpc) is 2.25. The Balaban J connectivity index is 2.73. The summed E-state index contributed by atoms with van der Waals surface area (Å²) >= 11 is 4.78. The SMILES string of the molecule is CC(CC(N)=S)N1C(=O)CCCCC1=O. The van der Waals surface area contributed by atoms with Gasteiger partial charge in [0.1, 0.15) is 0 Å². The first-order valence-corrected chi connectivity index (χ1v) is 5.56. The highest BCUT2D eigenvalue weighted by Crippen LogP contribution is 2.16. The Hall–Kier alpha value is -0.970. The molecule has 1 heterocycles. The van der Waals surface area contributed by atoms with E-state index >= 15 is 0 Å². The molecule has 4 nitrogen and oxygen atoms in total. The summed E-state index contributed by atoms with van der Waals surface area (Å²) in [5.41, 5.74) is 5.41. The van der Waals surface area contributed by atoms with Gasteiger partial charge in [-0.1, -0.05) is 12.2 Å². The Labute approximate surface area is 94.8 Å². The predicted octanol–water partition coefficient (Wildman–Crippen LogP) is 0.980. The monoisotopic (exact) mass is 228 g/mol. The van der Waals surface area contributed by atoms with E-state index in [1.807, 2.05) is 0 Å². The van der Waals surface area contributed by atoms with Gasteiger partial charge in [-0.25, -0.2) is 0 Å². The van der Waals surface area contributed by atoms with Crippen LogP contribution in [0, 0.1) is 0 Å². The van der Waals surface area contributed by atoms with Crippen molar-refractivity contribution in [3.63, 3.8) is 0 Å². The predicted molar refractivity (Wildman–Crippen MR) is 61.2 cm³/mol. The fourth-order valence-electron chi connectivity index (χ4n) is 1.81. The Morgan fingerprint density at radius 2 is 1.87 bits per heavy atom. The molecule has 5 heteroatoms. The van der Waals surface area contributed by atoms with Crippen molar-refractivity contribution in [2.75, 3.05) is 0 Å². The molecular formula is C10H16N2O2S. The molecule has 0 aromatic rings. The second-order valence-electron chi connectivity index (χ2n) is 3.88. The number of hydrogen-bond donors (Lipinski definition) is 1. The molecule has 15 heavy (non-hydrogen) atoms. The van der Waals surface area contributed by atoms with Gasteiger partial charge in [0.15, 0.2) is 0 Å². The van der Waals surface area contributed by atoms with Gasteiger partial charge in [0.2, 0.25) is 11.8 Å². The standard InChI is InChI=1S/C10H16N2O2S/c1-7(6-8(11)15)12-9(13)4-2-3-5-10(12)14/h7H,2-6H2,1H3,(H2,11,15). The lowest BCUT2D eigenvalue weighted by Gasteiger charge is -2.25. The van der Waals surface area contributed by atoms with E-state index in [4.69, 9.17) is 18.0 Å². The summed E-state index contributed by atoms with van der Waals surface area (Å²) in [7, 11) is 0. The highest BCUT2D eigenvalue weighted by atomic mass is 32.1. The van der Waals surface area contributed by atoms with Gasteiger partial charge in [0.05, 0.1) is 4.99 Å². The van der Waals surface area contributed by atoms with Gasteiger partial charge in [0.25, 0.3) is 0 Å². The highest BCUT2D eigenvalue weighted by Gasteiger charge is 2.28. The molecule has 1 rings (SSSR count). The quantitative estimate of drug-likeness (QED) is 0.578. The van der Waals surface area contributed by atoms with Crippen LogP contribution < -0.4 is 5.73 Å². The smallest absolute Gasteiger partial charge is 0.229 e. The lowest BCUT2D eigenvalue weighted by atomic mass is 10.2. The first-order valence-electron chi connectivity index (χ1n) is 5.15. The Kier molecular flexibility index (Phi) is 4.20. The summed E-state index contributed by atoms with van der Waals surface area (Å²) in [6.07, 6.45) is 2.90. The fourth-order valence-corrected chi connectivity index (χ4v) is 2.05. The number of amides is 2. The first-order chi connectivity index (χ1) is 7.02. The Morgan fingerprint density at radius 1 is 1.40 bits per heavy atom. The van der Waals surface area contributed by atoms with Gasteiger partial charge >= 0.3 is 0 Å². The summed E-state index contributed by atoms with van der Waals surface area (Å²) in [6.45, 7) is 1.81. The van der Waals surface area contributed by atoms with Crippen LogP contribution >= 0.6 is 12.2 Å². The van der Waals surface area contributed by atoms with E-state index in [-0.39, 0.29) is 17.9 Å². The molecule has 1 aliphatic rings. The molecule has 0 aromatic carbocycles. The number of hydrogen-bond acceptors (Lipinski definition) is 3. The van der Waals surface area contributed by atoms with Crippen molar-refractivity contribution < 1.29 is 9.59 Å². The summed E-state index contributed by atoms with van der Waals surface area (Å²) in [6, 6.07) is -0.208. The zero-order valence-corrected chi connectivity index (χ0v) is 9.68. The van der Waals surface area contributed by atoms with Gasteiger partial charge in [-0.3, -0.25) is 14.5 Å². The largest absolute Gasteiger partial charge is 0.393 e. The molecule has 0 bridgehead atoms. The number of carbonyl (C=O) groups excluding carboxylic acids is 2. The third-order valence-electron chi connectivity index (χ3n) is 2.51. The van der Waals surface area contributed by atoms with E-state index in [0.29, 0.717) is 24.3 Å². The minimum atomic E-state index is -0.208. The van der Waals surface area contributed by atoms with Crippen LogP contribution in [0.15, 0.2) is 0 Å². The van der Waals surface area contributed by atoms with Gasteiger partial charge in [-0.15, -0.1) is 0 Å². The number of nitrogens with zero attached hydrogens (tertiary/aromatic N) is 1. The highest BCUT2D eigenvalue weighted by molar-refractivity contribution is 7.80. The topological polar surface area (TPSA) is 63.4 Å². The normalized spacial score (nSPS) is 19.9. The molecule has 0 aromatic heterocycles. The minimum Gasteiger partial charge on any atom is -0.393 e. The van der Waals surface area contributed by atoms with E-state index in [1.165, 1.54) is 4.90 Å².